The van der Waals surface area contributed by atoms with Crippen LogP contribution in [0.1, 0.15) is 0 Å². The van der Waals surface area contributed by atoms with Crippen LogP contribution >= 0.6 is 0 Å². The molecule has 0 amide bonds. The van der Waals surface area contributed by atoms with E-state index in [9.17, 15) is 18.3 Å². The number of aliphatic hydroxyl groups is 3. The third-order valence-electron chi connectivity index (χ3n) is 1.65. The van der Waals surface area contributed by atoms with Gasteiger partial charge in [0.2, 0.25) is 0 Å². The molecule has 94 valence electrons. The van der Waals surface area contributed by atoms with Crippen molar-refractivity contribution in [1.82, 2.24) is 0 Å². The Kier molecular flexibility index (Phi) is 5.87. The second-order valence-corrected chi connectivity index (χ2v) is 3.82. The van der Waals surface area contributed by atoms with Gasteiger partial charge in [-0.25, -0.2) is 4.79 Å². The minimum absolute atomic E-state index is 0. The van der Waals surface area contributed by atoms with Crippen LogP contribution in [0.5, 0.6) is 0 Å². The number of aliphatic hydroxyl groups excluding tert-OH is 3. The summed E-state index contributed by atoms with van der Waals surface area (Å²) in [6, 6.07) is 0. The molecule has 1 rings (SSSR count). The molecular weight excluding hydrogens is 271 g/mol. The maximum absolute atomic E-state index is 11.0. The zero-order valence-corrected chi connectivity index (χ0v) is 8.42. The molecule has 17 heavy (non-hydrogen) atoms. The molecule has 0 aromatic carbocycles. The van der Waals surface area contributed by atoms with Gasteiger partial charge in [0, 0.05) is 0 Å². The second-order valence-electron chi connectivity index (χ2n) is 2.80. The molecule has 9 nitrogen and oxygen atoms in total. The zero-order chi connectivity index (χ0) is 12.5. The molecular formula is C6H9NaO9S. The summed E-state index contributed by atoms with van der Waals surface area (Å²) in [6.07, 6.45) is -3.26. The van der Waals surface area contributed by atoms with Crippen molar-refractivity contribution in [2.75, 3.05) is 6.61 Å². The number of carbonyl (C=O) groups excluding carboxylic acids is 1. The number of rotatable bonds is 4. The van der Waals surface area contributed by atoms with Crippen molar-refractivity contribution in [3.63, 3.8) is 0 Å². The number of hydrogen-bond acceptors (Lipinski definition) is 8. The molecule has 0 saturated carbocycles. The van der Waals surface area contributed by atoms with Crippen LogP contribution < -0.4 is 0 Å². The average molecular weight is 280 g/mol. The van der Waals surface area contributed by atoms with E-state index in [2.05, 4.69) is 8.92 Å². The Labute approximate surface area is 118 Å². The van der Waals surface area contributed by atoms with E-state index in [1.165, 1.54) is 0 Å². The summed E-state index contributed by atoms with van der Waals surface area (Å²) < 4.78 is 36.9. The zero-order valence-electron chi connectivity index (χ0n) is 7.60. The molecule has 0 aromatic rings. The first-order chi connectivity index (χ1) is 7.26. The summed E-state index contributed by atoms with van der Waals surface area (Å²) in [5, 5.41) is 26.9. The molecule has 1 aliphatic rings. The van der Waals surface area contributed by atoms with E-state index in [0.717, 1.165) is 0 Å². The molecule has 11 heteroatoms. The fourth-order valence-corrected chi connectivity index (χ4v) is 1.36. The Hall–Kier alpha value is -0.360. The summed E-state index contributed by atoms with van der Waals surface area (Å²) >= 11 is 0. The van der Waals surface area contributed by atoms with Gasteiger partial charge in [0.1, 0.15) is 6.10 Å². The fourth-order valence-electron chi connectivity index (χ4n) is 0.997. The van der Waals surface area contributed by atoms with E-state index in [0.29, 0.717) is 0 Å². The third-order valence-corrected chi connectivity index (χ3v) is 2.02. The van der Waals surface area contributed by atoms with Gasteiger partial charge in [-0.05, 0) is 0 Å². The molecule has 0 aromatic heterocycles. The molecule has 0 unspecified atom stereocenters. The summed E-state index contributed by atoms with van der Waals surface area (Å²) in [7, 11) is -4.99. The van der Waals surface area contributed by atoms with Crippen molar-refractivity contribution >= 4 is 45.9 Å². The van der Waals surface area contributed by atoms with Crippen LogP contribution in [0.4, 0.5) is 0 Å². The average Bonchev–Trinajstić information content (AvgIpc) is 2.42. The Morgan fingerprint density at radius 2 is 2.00 bits per heavy atom. The van der Waals surface area contributed by atoms with Crippen molar-refractivity contribution in [2.24, 2.45) is 0 Å². The van der Waals surface area contributed by atoms with Gasteiger partial charge < -0.3 is 24.2 Å². The standard InChI is InChI=1S/C6H8O9S.Na.H/c7-1-2(8)4-3(9)5(6(10)14-4)15-16(11,12)13;;/h2,4,7-9H,1H2,(H,11,12,13);;/t2-,4+;;/m0../s1. The van der Waals surface area contributed by atoms with E-state index in [-0.39, 0.29) is 29.6 Å². The van der Waals surface area contributed by atoms with Gasteiger partial charge in [0.25, 0.3) is 5.76 Å². The predicted octanol–water partition coefficient (Wildman–Crippen LogP) is -2.79. The normalized spacial score (nSPS) is 21.8. The summed E-state index contributed by atoms with van der Waals surface area (Å²) in [4.78, 5) is 11.0. The predicted molar refractivity (Wildman–Crippen MR) is 52.4 cm³/mol. The quantitative estimate of drug-likeness (QED) is 0.243. The SMILES string of the molecule is O=C1O[C@H]([C@@H](O)CO)C(O)=C1OS(=O)(=O)O.[NaH]. The molecule has 0 bridgehead atoms. The van der Waals surface area contributed by atoms with Crippen LogP contribution in [0, 0.1) is 0 Å². The van der Waals surface area contributed by atoms with Crippen LogP contribution in [0.3, 0.4) is 0 Å². The summed E-state index contributed by atoms with van der Waals surface area (Å²) in [5.74, 6) is -3.56. The minimum atomic E-state index is -4.99. The first-order valence-corrected chi connectivity index (χ1v) is 5.22. The van der Waals surface area contributed by atoms with Gasteiger partial charge >= 0.3 is 45.9 Å². The van der Waals surface area contributed by atoms with Crippen LogP contribution in [-0.4, -0.2) is 82.6 Å². The Balaban J connectivity index is 0.00000256. The molecule has 2 atom stereocenters. The van der Waals surface area contributed by atoms with Crippen molar-refractivity contribution in [1.29, 1.82) is 0 Å². The van der Waals surface area contributed by atoms with Gasteiger partial charge in [0.05, 0.1) is 6.61 Å². The maximum atomic E-state index is 11.0. The Morgan fingerprint density at radius 1 is 1.47 bits per heavy atom. The van der Waals surface area contributed by atoms with Gasteiger partial charge in [-0.3, -0.25) is 4.55 Å². The fraction of sp³-hybridized carbons (Fsp3) is 0.500. The molecule has 1 aliphatic heterocycles. The Bertz CT molecular complexity index is 427. The van der Waals surface area contributed by atoms with Crippen molar-refractivity contribution in [3.05, 3.63) is 11.5 Å². The molecule has 4 N–H and O–H groups in total. The summed E-state index contributed by atoms with van der Waals surface area (Å²) in [5.41, 5.74) is 0. The Morgan fingerprint density at radius 3 is 2.41 bits per heavy atom. The van der Waals surface area contributed by atoms with E-state index >= 15 is 0 Å². The van der Waals surface area contributed by atoms with Gasteiger partial charge in [0.15, 0.2) is 11.9 Å². The van der Waals surface area contributed by atoms with Gasteiger partial charge in [-0.15, -0.1) is 0 Å². The van der Waals surface area contributed by atoms with Crippen molar-refractivity contribution < 1.29 is 42.0 Å². The molecule has 0 fully saturated rings. The van der Waals surface area contributed by atoms with Crippen LogP contribution in [0.25, 0.3) is 0 Å². The third kappa shape index (κ3) is 4.10. The van der Waals surface area contributed by atoms with E-state index in [1.54, 1.807) is 0 Å². The first-order valence-electron chi connectivity index (χ1n) is 3.86. The van der Waals surface area contributed by atoms with Crippen LogP contribution in [0.15, 0.2) is 11.5 Å². The molecule has 0 saturated heterocycles. The molecule has 1 heterocycles. The van der Waals surface area contributed by atoms with Crippen molar-refractivity contribution in [3.8, 4) is 0 Å². The second kappa shape index (κ2) is 6.00. The number of ether oxygens (including phenoxy) is 1. The van der Waals surface area contributed by atoms with Crippen LogP contribution in [0.2, 0.25) is 0 Å². The van der Waals surface area contributed by atoms with Gasteiger partial charge in [-0.2, -0.15) is 8.42 Å². The number of esters is 1. The van der Waals surface area contributed by atoms with E-state index in [4.69, 9.17) is 14.8 Å². The number of carbonyl (C=O) groups is 1. The van der Waals surface area contributed by atoms with E-state index < -0.39 is 46.7 Å². The molecule has 0 spiro atoms. The number of cyclic esters (lactones) is 1. The van der Waals surface area contributed by atoms with Gasteiger partial charge in [-0.1, -0.05) is 0 Å². The van der Waals surface area contributed by atoms with E-state index in [1.807, 2.05) is 0 Å². The monoisotopic (exact) mass is 280 g/mol. The molecule has 0 radical (unpaired) electrons. The van der Waals surface area contributed by atoms with Crippen molar-refractivity contribution in [2.45, 2.75) is 12.2 Å². The number of hydrogen-bond donors (Lipinski definition) is 4. The summed E-state index contributed by atoms with van der Waals surface area (Å²) in [6.45, 7) is -0.832. The topological polar surface area (TPSA) is 151 Å². The van der Waals surface area contributed by atoms with Crippen LogP contribution in [-0.2, 0) is 24.1 Å². The first kappa shape index (κ1) is 16.6. The molecule has 0 aliphatic carbocycles.